The zero-order valence-corrected chi connectivity index (χ0v) is 20.8. The molecule has 0 radical (unpaired) electrons. The van der Waals surface area contributed by atoms with Crippen LogP contribution < -0.4 is 10.1 Å². The molecule has 0 saturated carbocycles. The summed E-state index contributed by atoms with van der Waals surface area (Å²) in [5.74, 6) is 0.564. The van der Waals surface area contributed by atoms with Crippen LogP contribution in [0.1, 0.15) is 55.1 Å². The number of carbonyl (C=O) groups excluding carboxylic acids is 1. The molecule has 0 unspecified atom stereocenters. The van der Waals surface area contributed by atoms with Gasteiger partial charge in [0.1, 0.15) is 0 Å². The fraction of sp³-hybridized carbons (Fsp3) is 0.276. The highest BCUT2D eigenvalue weighted by Crippen LogP contribution is 2.25. The molecule has 3 aromatic carbocycles. The van der Waals surface area contributed by atoms with Gasteiger partial charge in [-0.3, -0.25) is 4.79 Å². The number of hydrogen-bond donors (Lipinski definition) is 1. The van der Waals surface area contributed by atoms with E-state index in [9.17, 15) is 4.79 Å². The first kappa shape index (κ1) is 24.2. The van der Waals surface area contributed by atoms with E-state index >= 15 is 0 Å². The average molecular weight is 469 g/mol. The Hall–Kier alpha value is -3.93. The molecule has 0 fully saturated rings. The SMILES string of the molecule is CCCCc1ccc(C(=O)Nc2ccc(-n3nc(OC(C)C)nc3-c3ccc(C)cc3)cc2)cc1. The Morgan fingerprint density at radius 3 is 2.29 bits per heavy atom. The summed E-state index contributed by atoms with van der Waals surface area (Å²) < 4.78 is 7.52. The van der Waals surface area contributed by atoms with Crippen LogP contribution in [-0.2, 0) is 6.42 Å². The minimum absolute atomic E-state index is 0.0324. The molecule has 0 spiro atoms. The zero-order valence-electron chi connectivity index (χ0n) is 20.8. The molecule has 4 rings (SSSR count). The second kappa shape index (κ2) is 11.0. The van der Waals surface area contributed by atoms with E-state index in [0.29, 0.717) is 23.1 Å². The fourth-order valence-electron chi connectivity index (χ4n) is 3.72. The molecular formula is C29H32N4O2. The van der Waals surface area contributed by atoms with Crippen molar-refractivity contribution in [1.29, 1.82) is 0 Å². The van der Waals surface area contributed by atoms with Gasteiger partial charge in [0.15, 0.2) is 5.82 Å². The van der Waals surface area contributed by atoms with Gasteiger partial charge in [0.2, 0.25) is 0 Å². The molecule has 1 N–H and O–H groups in total. The van der Waals surface area contributed by atoms with Crippen molar-refractivity contribution in [3.63, 3.8) is 0 Å². The smallest absolute Gasteiger partial charge is 0.336 e. The number of unbranched alkanes of at least 4 members (excludes halogenated alkanes) is 1. The van der Waals surface area contributed by atoms with E-state index in [1.54, 1.807) is 4.68 Å². The summed E-state index contributed by atoms with van der Waals surface area (Å²) in [6, 6.07) is 23.9. The second-order valence-electron chi connectivity index (χ2n) is 8.96. The normalized spacial score (nSPS) is 11.0. The van der Waals surface area contributed by atoms with Gasteiger partial charge in [0.25, 0.3) is 5.91 Å². The molecular weight excluding hydrogens is 436 g/mol. The number of anilines is 1. The number of nitrogens with zero attached hydrogens (tertiary/aromatic N) is 3. The van der Waals surface area contributed by atoms with Gasteiger partial charge >= 0.3 is 6.01 Å². The fourth-order valence-corrected chi connectivity index (χ4v) is 3.72. The van der Waals surface area contributed by atoms with Crippen molar-refractivity contribution < 1.29 is 9.53 Å². The van der Waals surface area contributed by atoms with Gasteiger partial charge < -0.3 is 10.1 Å². The summed E-state index contributed by atoms with van der Waals surface area (Å²) in [5.41, 5.74) is 5.55. The first-order chi connectivity index (χ1) is 16.9. The number of amides is 1. The van der Waals surface area contributed by atoms with Gasteiger partial charge in [-0.2, -0.15) is 4.98 Å². The van der Waals surface area contributed by atoms with Crippen molar-refractivity contribution in [3.8, 4) is 23.1 Å². The van der Waals surface area contributed by atoms with E-state index < -0.39 is 0 Å². The van der Waals surface area contributed by atoms with E-state index in [-0.39, 0.29) is 12.0 Å². The summed E-state index contributed by atoms with van der Waals surface area (Å²) in [4.78, 5) is 17.3. The number of rotatable bonds is 9. The van der Waals surface area contributed by atoms with Crippen LogP contribution in [0.15, 0.2) is 72.8 Å². The maximum Gasteiger partial charge on any atom is 0.336 e. The van der Waals surface area contributed by atoms with E-state index in [0.717, 1.165) is 30.5 Å². The third-order valence-corrected chi connectivity index (χ3v) is 5.64. The standard InChI is InChI=1S/C29H32N4O2/c1-5-6-7-22-10-14-24(15-11-22)28(34)30-25-16-18-26(19-17-25)33-27(23-12-8-21(4)9-13-23)31-29(32-33)35-20(2)3/h8-20H,5-7H2,1-4H3,(H,30,34). The lowest BCUT2D eigenvalue weighted by Gasteiger charge is -2.09. The molecule has 0 aliphatic carbocycles. The first-order valence-corrected chi connectivity index (χ1v) is 12.1. The molecule has 6 heteroatoms. The van der Waals surface area contributed by atoms with Gasteiger partial charge in [0.05, 0.1) is 11.8 Å². The lowest BCUT2D eigenvalue weighted by Crippen LogP contribution is -2.12. The number of hydrogen-bond acceptors (Lipinski definition) is 4. The van der Waals surface area contributed by atoms with Crippen molar-refractivity contribution in [2.45, 2.75) is 53.1 Å². The monoisotopic (exact) mass is 468 g/mol. The van der Waals surface area contributed by atoms with Crippen LogP contribution in [0.2, 0.25) is 0 Å². The average Bonchev–Trinajstić information content (AvgIpc) is 3.27. The quantitative estimate of drug-likeness (QED) is 0.299. The highest BCUT2D eigenvalue weighted by Gasteiger charge is 2.16. The summed E-state index contributed by atoms with van der Waals surface area (Å²) >= 11 is 0. The zero-order chi connectivity index (χ0) is 24.8. The second-order valence-corrected chi connectivity index (χ2v) is 8.96. The number of ether oxygens (including phenoxy) is 1. The van der Waals surface area contributed by atoms with Gasteiger partial charge in [-0.05, 0) is 75.6 Å². The molecule has 180 valence electrons. The molecule has 6 nitrogen and oxygen atoms in total. The summed E-state index contributed by atoms with van der Waals surface area (Å²) in [6.45, 7) is 8.12. The number of carbonyl (C=O) groups is 1. The van der Waals surface area contributed by atoms with Crippen molar-refractivity contribution in [2.24, 2.45) is 0 Å². The maximum absolute atomic E-state index is 12.7. The molecule has 0 aliphatic heterocycles. The maximum atomic E-state index is 12.7. The van der Waals surface area contributed by atoms with Crippen molar-refractivity contribution in [3.05, 3.63) is 89.5 Å². The molecule has 0 atom stereocenters. The molecule has 35 heavy (non-hydrogen) atoms. The third kappa shape index (κ3) is 6.15. The molecule has 0 bridgehead atoms. The van der Waals surface area contributed by atoms with Crippen LogP contribution in [0, 0.1) is 6.92 Å². The van der Waals surface area contributed by atoms with Crippen LogP contribution >= 0.6 is 0 Å². The van der Waals surface area contributed by atoms with E-state index in [1.807, 2.05) is 86.6 Å². The Morgan fingerprint density at radius 2 is 1.66 bits per heavy atom. The van der Waals surface area contributed by atoms with Gasteiger partial charge in [-0.25, -0.2) is 4.68 Å². The Kier molecular flexibility index (Phi) is 7.60. The minimum Gasteiger partial charge on any atom is -0.460 e. The number of aryl methyl sites for hydroxylation is 2. The van der Waals surface area contributed by atoms with Crippen molar-refractivity contribution in [2.75, 3.05) is 5.32 Å². The summed E-state index contributed by atoms with van der Waals surface area (Å²) in [5, 5.41) is 7.56. The van der Waals surface area contributed by atoms with Crippen LogP contribution in [0.3, 0.4) is 0 Å². The molecule has 1 heterocycles. The predicted molar refractivity (Wildman–Crippen MR) is 140 cm³/mol. The first-order valence-electron chi connectivity index (χ1n) is 12.1. The van der Waals surface area contributed by atoms with E-state index in [2.05, 4.69) is 29.2 Å². The molecule has 1 amide bonds. The van der Waals surface area contributed by atoms with Crippen molar-refractivity contribution >= 4 is 11.6 Å². The predicted octanol–water partition coefficient (Wildman–Crippen LogP) is 6.62. The van der Waals surface area contributed by atoms with E-state index in [4.69, 9.17) is 4.74 Å². The molecule has 0 aliphatic rings. The van der Waals surface area contributed by atoms with E-state index in [1.165, 1.54) is 11.1 Å². The Balaban J connectivity index is 1.53. The lowest BCUT2D eigenvalue weighted by atomic mass is 10.1. The number of nitrogens with one attached hydrogen (secondary N) is 1. The minimum atomic E-state index is -0.131. The lowest BCUT2D eigenvalue weighted by molar-refractivity contribution is 0.102. The topological polar surface area (TPSA) is 69.0 Å². The highest BCUT2D eigenvalue weighted by atomic mass is 16.5. The summed E-state index contributed by atoms with van der Waals surface area (Å²) in [6.07, 6.45) is 3.32. The number of benzene rings is 3. The molecule has 4 aromatic rings. The molecule has 0 saturated heterocycles. The molecule has 1 aromatic heterocycles. The largest absolute Gasteiger partial charge is 0.460 e. The highest BCUT2D eigenvalue weighted by molar-refractivity contribution is 6.04. The Morgan fingerprint density at radius 1 is 0.971 bits per heavy atom. The van der Waals surface area contributed by atoms with Crippen molar-refractivity contribution in [1.82, 2.24) is 14.8 Å². The van der Waals surface area contributed by atoms with Crippen LogP contribution in [-0.4, -0.2) is 26.8 Å². The Labute approximate surface area is 207 Å². The van der Waals surface area contributed by atoms with Crippen LogP contribution in [0.4, 0.5) is 5.69 Å². The summed E-state index contributed by atoms with van der Waals surface area (Å²) in [7, 11) is 0. The number of aromatic nitrogens is 3. The van der Waals surface area contributed by atoms with Gasteiger partial charge in [-0.15, -0.1) is 5.10 Å². The van der Waals surface area contributed by atoms with Gasteiger partial charge in [0, 0.05) is 16.8 Å². The Bertz CT molecular complexity index is 1260. The van der Waals surface area contributed by atoms with Gasteiger partial charge in [-0.1, -0.05) is 55.3 Å². The van der Waals surface area contributed by atoms with Crippen LogP contribution in [0.5, 0.6) is 6.01 Å². The van der Waals surface area contributed by atoms with Crippen LogP contribution in [0.25, 0.3) is 17.1 Å². The third-order valence-electron chi connectivity index (χ3n) is 5.64.